The molecule has 1 spiro atoms. The summed E-state index contributed by atoms with van der Waals surface area (Å²) in [6.07, 6.45) is 5.02. The summed E-state index contributed by atoms with van der Waals surface area (Å²) in [6.45, 7) is 7.35. The summed E-state index contributed by atoms with van der Waals surface area (Å²) in [5, 5.41) is -0.440. The van der Waals surface area contributed by atoms with Gasteiger partial charge in [-0.15, -0.1) is 11.6 Å². The lowest BCUT2D eigenvalue weighted by Crippen LogP contribution is -2.63. The number of nitrogens with zero attached hydrogens (tertiary/aromatic N) is 1. The molecule has 2 aliphatic carbocycles. The zero-order chi connectivity index (χ0) is 13.8. The summed E-state index contributed by atoms with van der Waals surface area (Å²) in [4.78, 5) is 14.2. The molecule has 1 heterocycles. The summed E-state index contributed by atoms with van der Waals surface area (Å²) in [7, 11) is 0. The van der Waals surface area contributed by atoms with Crippen LogP contribution in [0.25, 0.3) is 0 Å². The molecule has 0 radical (unpaired) electrons. The fraction of sp³-hybridized carbons (Fsp3) is 0.933. The fourth-order valence-electron chi connectivity index (χ4n) is 4.57. The monoisotopic (exact) mass is 285 g/mol. The number of ether oxygens (including phenoxy) is 1. The molecule has 3 fully saturated rings. The lowest BCUT2D eigenvalue weighted by atomic mass is 9.81. The van der Waals surface area contributed by atoms with E-state index in [4.69, 9.17) is 16.3 Å². The topological polar surface area (TPSA) is 29.5 Å². The summed E-state index contributed by atoms with van der Waals surface area (Å²) in [5.74, 6) is 1.50. The summed E-state index contributed by atoms with van der Waals surface area (Å²) < 4.78 is 6.48. The van der Waals surface area contributed by atoms with Gasteiger partial charge in [-0.25, -0.2) is 0 Å². The number of morpholine rings is 1. The van der Waals surface area contributed by atoms with Crippen molar-refractivity contribution in [3.63, 3.8) is 0 Å². The van der Waals surface area contributed by atoms with Gasteiger partial charge in [0.15, 0.2) is 0 Å². The molecule has 4 atom stereocenters. The second-order valence-electron chi connectivity index (χ2n) is 7.32. The van der Waals surface area contributed by atoms with Crippen molar-refractivity contribution in [2.24, 2.45) is 11.8 Å². The predicted molar refractivity (Wildman–Crippen MR) is 75.2 cm³/mol. The van der Waals surface area contributed by atoms with E-state index in [0.717, 1.165) is 18.9 Å². The molecule has 1 saturated heterocycles. The van der Waals surface area contributed by atoms with Crippen molar-refractivity contribution in [1.29, 1.82) is 0 Å². The standard InChI is InChI=1S/C15H24ClNO2/c1-10(16)13(18)17-8-14(2,3)19-15(9-17)7-11-4-5-12(15)6-11/h10-12H,4-9H2,1-3H3/t10?,11-,12+,15+/m1/s1. The number of carbonyl (C=O) groups is 1. The highest BCUT2D eigenvalue weighted by atomic mass is 35.5. The molecule has 4 heteroatoms. The number of carbonyl (C=O) groups excluding carboxylic acids is 1. The molecule has 3 nitrogen and oxygen atoms in total. The van der Waals surface area contributed by atoms with E-state index in [1.807, 2.05) is 4.90 Å². The van der Waals surface area contributed by atoms with Crippen molar-refractivity contribution in [2.45, 2.75) is 63.0 Å². The smallest absolute Gasteiger partial charge is 0.240 e. The Morgan fingerprint density at radius 1 is 1.37 bits per heavy atom. The van der Waals surface area contributed by atoms with Gasteiger partial charge in [0.1, 0.15) is 5.38 Å². The zero-order valence-electron chi connectivity index (χ0n) is 12.1. The molecule has 1 unspecified atom stereocenters. The SMILES string of the molecule is CC(Cl)C(=O)N1CC(C)(C)O[C@@]2(C[C@@H]3CC[C@H]2C3)C1. The van der Waals surface area contributed by atoms with Crippen molar-refractivity contribution >= 4 is 17.5 Å². The average Bonchev–Trinajstić information content (AvgIpc) is 2.85. The number of halogens is 1. The molecule has 19 heavy (non-hydrogen) atoms. The van der Waals surface area contributed by atoms with Crippen molar-refractivity contribution in [2.75, 3.05) is 13.1 Å². The molecule has 0 aromatic rings. The lowest BCUT2D eigenvalue weighted by Gasteiger charge is -2.52. The largest absolute Gasteiger partial charge is 0.365 e. The maximum atomic E-state index is 12.3. The average molecular weight is 286 g/mol. The van der Waals surface area contributed by atoms with Crippen LogP contribution in [0.5, 0.6) is 0 Å². The van der Waals surface area contributed by atoms with Crippen LogP contribution in [0, 0.1) is 11.8 Å². The minimum Gasteiger partial charge on any atom is -0.365 e. The predicted octanol–water partition coefficient (Wildman–Crippen LogP) is 2.81. The first-order valence-corrected chi connectivity index (χ1v) is 7.88. The Morgan fingerprint density at radius 3 is 2.63 bits per heavy atom. The molecule has 1 aliphatic heterocycles. The van der Waals surface area contributed by atoms with E-state index in [1.54, 1.807) is 6.92 Å². The van der Waals surface area contributed by atoms with E-state index in [0.29, 0.717) is 12.5 Å². The molecule has 0 N–H and O–H groups in total. The van der Waals surface area contributed by atoms with Crippen LogP contribution in [-0.2, 0) is 9.53 Å². The van der Waals surface area contributed by atoms with E-state index < -0.39 is 5.38 Å². The molecular weight excluding hydrogens is 262 g/mol. The highest BCUT2D eigenvalue weighted by Gasteiger charge is 2.57. The second-order valence-corrected chi connectivity index (χ2v) is 7.97. The first-order valence-electron chi connectivity index (χ1n) is 7.44. The molecule has 0 aromatic carbocycles. The maximum absolute atomic E-state index is 12.3. The van der Waals surface area contributed by atoms with Gasteiger partial charge in [-0.1, -0.05) is 0 Å². The van der Waals surface area contributed by atoms with Gasteiger partial charge in [0, 0.05) is 6.54 Å². The van der Waals surface area contributed by atoms with E-state index in [9.17, 15) is 4.79 Å². The molecular formula is C15H24ClNO2. The van der Waals surface area contributed by atoms with Crippen LogP contribution in [0.1, 0.15) is 46.5 Å². The van der Waals surface area contributed by atoms with Gasteiger partial charge in [0.05, 0.1) is 17.7 Å². The van der Waals surface area contributed by atoms with Crippen LogP contribution in [0.15, 0.2) is 0 Å². The normalized spacial score (nSPS) is 41.8. The van der Waals surface area contributed by atoms with Gasteiger partial charge in [0.25, 0.3) is 0 Å². The molecule has 3 aliphatic rings. The van der Waals surface area contributed by atoms with Crippen LogP contribution in [0.2, 0.25) is 0 Å². The third-order valence-electron chi connectivity index (χ3n) is 5.08. The van der Waals surface area contributed by atoms with Gasteiger partial charge in [-0.05, 0) is 58.3 Å². The molecule has 0 aromatic heterocycles. The van der Waals surface area contributed by atoms with Crippen LogP contribution in [0.3, 0.4) is 0 Å². The van der Waals surface area contributed by atoms with Gasteiger partial charge in [-0.2, -0.15) is 0 Å². The van der Waals surface area contributed by atoms with Gasteiger partial charge in [0.2, 0.25) is 5.91 Å². The summed E-state index contributed by atoms with van der Waals surface area (Å²) in [6, 6.07) is 0. The number of hydrogen-bond acceptors (Lipinski definition) is 2. The van der Waals surface area contributed by atoms with Gasteiger partial charge in [-0.3, -0.25) is 4.79 Å². The van der Waals surface area contributed by atoms with Gasteiger partial charge < -0.3 is 9.64 Å². The van der Waals surface area contributed by atoms with Crippen LogP contribution < -0.4 is 0 Å². The van der Waals surface area contributed by atoms with Crippen molar-refractivity contribution in [3.05, 3.63) is 0 Å². The maximum Gasteiger partial charge on any atom is 0.240 e. The minimum atomic E-state index is -0.440. The highest BCUT2D eigenvalue weighted by Crippen LogP contribution is 2.55. The number of fused-ring (bicyclic) bond motifs is 3. The summed E-state index contributed by atoms with van der Waals surface area (Å²) >= 11 is 6.00. The Labute approximate surface area is 120 Å². The van der Waals surface area contributed by atoms with E-state index in [2.05, 4.69) is 13.8 Å². The molecule has 2 saturated carbocycles. The molecule has 108 valence electrons. The van der Waals surface area contributed by atoms with Crippen LogP contribution in [0.4, 0.5) is 0 Å². The first kappa shape index (κ1) is 13.7. The Kier molecular flexibility index (Phi) is 3.14. The quantitative estimate of drug-likeness (QED) is 0.694. The first-order chi connectivity index (χ1) is 8.81. The Balaban J connectivity index is 1.85. The lowest BCUT2D eigenvalue weighted by molar-refractivity contribution is -0.217. The number of hydrogen-bond donors (Lipinski definition) is 0. The van der Waals surface area contributed by atoms with E-state index in [-0.39, 0.29) is 17.1 Å². The van der Waals surface area contributed by atoms with Crippen molar-refractivity contribution in [1.82, 2.24) is 4.90 Å². The number of rotatable bonds is 1. The molecule has 1 amide bonds. The molecule has 2 bridgehead atoms. The fourth-order valence-corrected chi connectivity index (χ4v) is 4.71. The van der Waals surface area contributed by atoms with Crippen LogP contribution in [-0.4, -0.2) is 40.5 Å². The molecule has 3 rings (SSSR count). The third kappa shape index (κ3) is 2.29. The Hall–Kier alpha value is -0.280. The van der Waals surface area contributed by atoms with E-state index in [1.165, 1.54) is 19.3 Å². The second kappa shape index (κ2) is 4.36. The number of alkyl halides is 1. The summed E-state index contributed by atoms with van der Waals surface area (Å²) in [5.41, 5.74) is -0.351. The van der Waals surface area contributed by atoms with Crippen molar-refractivity contribution < 1.29 is 9.53 Å². The Bertz CT molecular complexity index is 396. The minimum absolute atomic E-state index is 0.0557. The zero-order valence-corrected chi connectivity index (χ0v) is 12.9. The van der Waals surface area contributed by atoms with Crippen molar-refractivity contribution in [3.8, 4) is 0 Å². The Morgan fingerprint density at radius 2 is 2.11 bits per heavy atom. The van der Waals surface area contributed by atoms with Gasteiger partial charge >= 0.3 is 0 Å². The number of amides is 1. The highest BCUT2D eigenvalue weighted by molar-refractivity contribution is 6.30. The third-order valence-corrected chi connectivity index (χ3v) is 5.27. The van der Waals surface area contributed by atoms with Crippen LogP contribution >= 0.6 is 11.6 Å². The van der Waals surface area contributed by atoms with E-state index >= 15 is 0 Å².